The normalized spacial score (nSPS) is 22.8. The van der Waals surface area contributed by atoms with Crippen LogP contribution in [-0.2, 0) is 19.6 Å². The number of sulfonamides is 1. The molecule has 8 heteroatoms. The molecule has 2 amide bonds. The third-order valence-corrected chi connectivity index (χ3v) is 6.73. The first-order valence-corrected chi connectivity index (χ1v) is 10.6. The molecule has 0 aromatic rings. The predicted octanol–water partition coefficient (Wildman–Crippen LogP) is 0.567. The zero-order valence-electron chi connectivity index (χ0n) is 14.5. The van der Waals surface area contributed by atoms with Gasteiger partial charge in [0.1, 0.15) is 0 Å². The molecule has 0 aromatic heterocycles. The quantitative estimate of drug-likeness (QED) is 0.642. The van der Waals surface area contributed by atoms with Gasteiger partial charge in [-0.1, -0.05) is 6.92 Å². The predicted molar refractivity (Wildman–Crippen MR) is 91.8 cm³/mol. The van der Waals surface area contributed by atoms with Gasteiger partial charge in [0.25, 0.3) is 0 Å². The summed E-state index contributed by atoms with van der Waals surface area (Å²) in [7, 11) is -3.23. The fourth-order valence-corrected chi connectivity index (χ4v) is 4.95. The highest BCUT2D eigenvalue weighted by atomic mass is 32.2. The van der Waals surface area contributed by atoms with Gasteiger partial charge in [-0.25, -0.2) is 12.7 Å². The average molecular weight is 359 g/mol. The largest absolute Gasteiger partial charge is 0.356 e. The summed E-state index contributed by atoms with van der Waals surface area (Å²) >= 11 is 0. The molecule has 0 unspecified atom stereocenters. The maximum atomic E-state index is 12.3. The summed E-state index contributed by atoms with van der Waals surface area (Å²) in [6.45, 7) is 4.68. The van der Waals surface area contributed by atoms with Crippen molar-refractivity contribution < 1.29 is 18.0 Å². The third kappa shape index (κ3) is 5.17. The number of piperidine rings is 1. The monoisotopic (exact) mass is 359 g/mol. The summed E-state index contributed by atoms with van der Waals surface area (Å²) in [6, 6.07) is 0. The Labute approximate surface area is 144 Å². The van der Waals surface area contributed by atoms with E-state index in [4.69, 9.17) is 0 Å². The Morgan fingerprint density at radius 3 is 2.75 bits per heavy atom. The lowest BCUT2D eigenvalue weighted by Gasteiger charge is -2.31. The molecule has 0 aliphatic carbocycles. The van der Waals surface area contributed by atoms with E-state index in [1.165, 1.54) is 4.31 Å². The molecule has 2 aliphatic heterocycles. The molecule has 1 atom stereocenters. The number of amides is 2. The molecule has 2 aliphatic rings. The van der Waals surface area contributed by atoms with Crippen LogP contribution in [0.15, 0.2) is 0 Å². The molecule has 0 radical (unpaired) electrons. The van der Waals surface area contributed by atoms with Gasteiger partial charge in [0.15, 0.2) is 0 Å². The lowest BCUT2D eigenvalue weighted by molar-refractivity contribution is -0.127. The topological polar surface area (TPSA) is 86.8 Å². The summed E-state index contributed by atoms with van der Waals surface area (Å²) in [5.74, 6) is 0.00824. The molecule has 2 rings (SSSR count). The second-order valence-electron chi connectivity index (χ2n) is 6.64. The van der Waals surface area contributed by atoms with Crippen LogP contribution in [0.5, 0.6) is 0 Å². The van der Waals surface area contributed by atoms with Gasteiger partial charge in [-0.05, 0) is 32.1 Å². The van der Waals surface area contributed by atoms with E-state index in [2.05, 4.69) is 5.32 Å². The zero-order valence-corrected chi connectivity index (χ0v) is 15.3. The van der Waals surface area contributed by atoms with Gasteiger partial charge in [0.2, 0.25) is 21.8 Å². The molecule has 0 spiro atoms. The number of hydrogen-bond donors (Lipinski definition) is 1. The van der Waals surface area contributed by atoms with Crippen molar-refractivity contribution in [2.45, 2.75) is 45.4 Å². The van der Waals surface area contributed by atoms with Gasteiger partial charge in [0, 0.05) is 39.1 Å². The number of hydrogen-bond acceptors (Lipinski definition) is 4. The molecule has 0 aromatic carbocycles. The number of likely N-dealkylation sites (tertiary alicyclic amines) is 1. The summed E-state index contributed by atoms with van der Waals surface area (Å²) in [5.41, 5.74) is 0. The lowest BCUT2D eigenvalue weighted by Crippen LogP contribution is -2.46. The van der Waals surface area contributed by atoms with Crippen LogP contribution in [0.4, 0.5) is 0 Å². The average Bonchev–Trinajstić information content (AvgIpc) is 2.96. The van der Waals surface area contributed by atoms with Gasteiger partial charge in [-0.3, -0.25) is 9.59 Å². The standard InChI is InChI=1S/C16H29N3O4S/c1-2-12-24(22,23)19-11-3-6-14(13-19)16(21)17-8-5-10-18-9-4-7-15(18)20/h14H,2-13H2,1H3,(H,17,21)/t14-/m1/s1. The van der Waals surface area contributed by atoms with Crippen molar-refractivity contribution in [2.24, 2.45) is 5.92 Å². The van der Waals surface area contributed by atoms with Crippen LogP contribution in [0, 0.1) is 5.92 Å². The molecule has 2 saturated heterocycles. The highest BCUT2D eigenvalue weighted by Crippen LogP contribution is 2.20. The van der Waals surface area contributed by atoms with Crippen molar-refractivity contribution >= 4 is 21.8 Å². The number of rotatable bonds is 8. The second kappa shape index (κ2) is 8.80. The van der Waals surface area contributed by atoms with E-state index in [1.807, 2.05) is 11.8 Å². The van der Waals surface area contributed by atoms with Crippen LogP contribution in [0.25, 0.3) is 0 Å². The van der Waals surface area contributed by atoms with Crippen molar-refractivity contribution in [3.63, 3.8) is 0 Å². The van der Waals surface area contributed by atoms with Crippen molar-refractivity contribution in [1.29, 1.82) is 0 Å². The molecule has 24 heavy (non-hydrogen) atoms. The molecule has 1 N–H and O–H groups in total. The Morgan fingerprint density at radius 2 is 2.08 bits per heavy atom. The second-order valence-corrected chi connectivity index (χ2v) is 8.73. The molecule has 2 heterocycles. The Hall–Kier alpha value is -1.15. The summed E-state index contributed by atoms with van der Waals surface area (Å²) in [6.07, 6.45) is 4.34. The van der Waals surface area contributed by atoms with Gasteiger partial charge < -0.3 is 10.2 Å². The SMILES string of the molecule is CCCS(=O)(=O)N1CCC[C@@H](C(=O)NCCCN2CCCC2=O)C1. The van der Waals surface area contributed by atoms with Gasteiger partial charge in [-0.15, -0.1) is 0 Å². The van der Waals surface area contributed by atoms with Crippen molar-refractivity contribution in [1.82, 2.24) is 14.5 Å². The van der Waals surface area contributed by atoms with Crippen molar-refractivity contribution in [3.05, 3.63) is 0 Å². The first-order valence-electron chi connectivity index (χ1n) is 8.97. The Kier molecular flexibility index (Phi) is 7.03. The van der Waals surface area contributed by atoms with Crippen LogP contribution < -0.4 is 5.32 Å². The summed E-state index contributed by atoms with van der Waals surface area (Å²) in [4.78, 5) is 25.6. The van der Waals surface area contributed by atoms with Crippen molar-refractivity contribution in [3.8, 4) is 0 Å². The van der Waals surface area contributed by atoms with Crippen LogP contribution in [0.3, 0.4) is 0 Å². The minimum absolute atomic E-state index is 0.0702. The van der Waals surface area contributed by atoms with Gasteiger partial charge in [-0.2, -0.15) is 0 Å². The van der Waals surface area contributed by atoms with E-state index in [0.29, 0.717) is 39.0 Å². The third-order valence-electron chi connectivity index (χ3n) is 4.69. The maximum absolute atomic E-state index is 12.3. The minimum atomic E-state index is -3.23. The van der Waals surface area contributed by atoms with E-state index >= 15 is 0 Å². The van der Waals surface area contributed by atoms with E-state index in [0.717, 1.165) is 32.2 Å². The molecule has 0 saturated carbocycles. The number of nitrogens with one attached hydrogen (secondary N) is 1. The van der Waals surface area contributed by atoms with Crippen LogP contribution >= 0.6 is 0 Å². The Morgan fingerprint density at radius 1 is 1.29 bits per heavy atom. The first-order chi connectivity index (χ1) is 11.4. The number of carbonyl (C=O) groups excluding carboxylic acids is 2. The lowest BCUT2D eigenvalue weighted by atomic mass is 9.99. The van der Waals surface area contributed by atoms with E-state index in [-0.39, 0.29) is 23.5 Å². The molecule has 2 fully saturated rings. The smallest absolute Gasteiger partial charge is 0.224 e. The van der Waals surface area contributed by atoms with Crippen molar-refractivity contribution in [2.75, 3.05) is 38.5 Å². The maximum Gasteiger partial charge on any atom is 0.224 e. The minimum Gasteiger partial charge on any atom is -0.356 e. The van der Waals surface area contributed by atoms with E-state index in [9.17, 15) is 18.0 Å². The van der Waals surface area contributed by atoms with Crippen LogP contribution in [0.2, 0.25) is 0 Å². The van der Waals surface area contributed by atoms with Gasteiger partial charge in [0.05, 0.1) is 11.7 Å². The molecule has 7 nitrogen and oxygen atoms in total. The Balaban J connectivity index is 1.72. The fraction of sp³-hybridized carbons (Fsp3) is 0.875. The highest BCUT2D eigenvalue weighted by Gasteiger charge is 2.31. The molecule has 138 valence electrons. The first kappa shape index (κ1) is 19.2. The number of carbonyl (C=O) groups is 2. The fourth-order valence-electron chi connectivity index (χ4n) is 3.36. The molecular weight excluding hydrogens is 330 g/mol. The van der Waals surface area contributed by atoms with E-state index < -0.39 is 10.0 Å². The van der Waals surface area contributed by atoms with E-state index in [1.54, 1.807) is 0 Å². The zero-order chi connectivity index (χ0) is 17.6. The molecular formula is C16H29N3O4S. The van der Waals surface area contributed by atoms with Gasteiger partial charge >= 0.3 is 0 Å². The Bertz CT molecular complexity index is 550. The molecule has 0 bridgehead atoms. The van der Waals surface area contributed by atoms with Crippen LogP contribution in [-0.4, -0.2) is 67.9 Å². The summed E-state index contributed by atoms with van der Waals surface area (Å²) < 4.78 is 25.8. The summed E-state index contributed by atoms with van der Waals surface area (Å²) in [5, 5.41) is 2.90. The highest BCUT2D eigenvalue weighted by molar-refractivity contribution is 7.89. The van der Waals surface area contributed by atoms with Crippen LogP contribution in [0.1, 0.15) is 45.4 Å². The number of nitrogens with zero attached hydrogens (tertiary/aromatic N) is 2.